The van der Waals surface area contributed by atoms with Gasteiger partial charge >= 0.3 is 5.97 Å². The lowest BCUT2D eigenvalue weighted by atomic mass is 10.00. The Hall–Kier alpha value is -4.75. The minimum atomic E-state index is -1.75. The quantitative estimate of drug-likeness (QED) is 0.0326. The number of allylic oxidation sites excluding steroid dienone is 1. The number of Topliss-reactive ketones (excluding diaryl/α,β-unsaturated/α-hetero) is 1. The number of nitrogens with one attached hydrogen (secondary N) is 2. The van der Waals surface area contributed by atoms with Gasteiger partial charge in [0.15, 0.2) is 28.2 Å². The van der Waals surface area contributed by atoms with Crippen LogP contribution in [0.4, 0.5) is 9.52 Å². The molecule has 3 amide bonds. The molecule has 51 heavy (non-hydrogen) atoms. The van der Waals surface area contributed by atoms with E-state index in [-0.39, 0.29) is 34.2 Å². The first-order chi connectivity index (χ1) is 23.9. The fourth-order valence-electron chi connectivity index (χ4n) is 6.25. The molecule has 274 valence electrons. The molecule has 0 unspecified atom stereocenters. The number of anilines is 1. The van der Waals surface area contributed by atoms with Crippen molar-refractivity contribution in [3.8, 4) is 11.5 Å². The smallest absolute Gasteiger partial charge is 0.350 e. The van der Waals surface area contributed by atoms with E-state index in [1.54, 1.807) is 4.90 Å². The van der Waals surface area contributed by atoms with Crippen LogP contribution in [0.3, 0.4) is 0 Å². The van der Waals surface area contributed by atoms with Crippen molar-refractivity contribution in [1.82, 2.24) is 20.5 Å². The zero-order valence-electron chi connectivity index (χ0n) is 28.3. The fourth-order valence-corrected chi connectivity index (χ4v) is 8.35. The van der Waals surface area contributed by atoms with Gasteiger partial charge in [0, 0.05) is 40.3 Å². The number of oxime groups is 1. The number of nitrogens with zero attached hydrogens (tertiary/aromatic N) is 4. The summed E-state index contributed by atoms with van der Waals surface area (Å²) < 4.78 is 14.4. The summed E-state index contributed by atoms with van der Waals surface area (Å²) in [7, 11) is 0. The third-order valence-corrected chi connectivity index (χ3v) is 11.4. The number of quaternary nitrogens is 1. The number of hydrogen-bond donors (Lipinski definition) is 6. The number of amides is 3. The van der Waals surface area contributed by atoms with Crippen molar-refractivity contribution in [3.63, 3.8) is 0 Å². The molecule has 1 aromatic heterocycles. The summed E-state index contributed by atoms with van der Waals surface area (Å²) >= 11 is 2.56. The SMILES string of the molecule is CC1=C(C[N+]2(CCNC(=O)C(=O)c3cc(O)c(O)c(F)c3)CCCC2)[C@H](C)S[C@@H]2[C@H](NC(=O)/C(=N\OC(C)(C)C(=O)O)c3csc(N)n3)C(=O)N12. The number of benzene rings is 1. The maximum atomic E-state index is 13.8. The number of phenols is 2. The molecule has 2 fully saturated rings. The van der Waals surface area contributed by atoms with Gasteiger partial charge in [-0.1, -0.05) is 5.16 Å². The van der Waals surface area contributed by atoms with Crippen LogP contribution in [0.5, 0.6) is 11.5 Å². The van der Waals surface area contributed by atoms with Crippen LogP contribution >= 0.6 is 23.1 Å². The average molecular weight is 749 g/mol. The molecule has 0 aliphatic carbocycles. The number of ketones is 1. The second-order valence-corrected chi connectivity index (χ2v) is 15.5. The Bertz CT molecular complexity index is 1820. The summed E-state index contributed by atoms with van der Waals surface area (Å²) in [6.45, 7) is 9.28. The van der Waals surface area contributed by atoms with Crippen LogP contribution in [0, 0.1) is 5.82 Å². The van der Waals surface area contributed by atoms with E-state index in [4.69, 9.17) is 10.6 Å². The summed E-state index contributed by atoms with van der Waals surface area (Å²) in [5, 5.41) is 38.7. The molecule has 19 heteroatoms. The van der Waals surface area contributed by atoms with Crippen molar-refractivity contribution in [2.45, 2.75) is 62.8 Å². The molecule has 5 rings (SSSR count). The highest BCUT2D eigenvalue weighted by molar-refractivity contribution is 8.00. The lowest BCUT2D eigenvalue weighted by Gasteiger charge is -2.52. The summed E-state index contributed by atoms with van der Waals surface area (Å²) in [5.41, 5.74) is 5.16. The third-order valence-electron chi connectivity index (χ3n) is 9.25. The number of carboxylic acid groups (broad SMARTS) is 1. The Morgan fingerprint density at radius 2 is 1.88 bits per heavy atom. The number of carbonyl (C=O) groups excluding carboxylic acids is 4. The second kappa shape index (κ2) is 14.5. The van der Waals surface area contributed by atoms with Crippen LogP contribution in [0.2, 0.25) is 0 Å². The zero-order chi connectivity index (χ0) is 37.4. The number of rotatable bonds is 13. The van der Waals surface area contributed by atoms with Gasteiger partial charge in [0.1, 0.15) is 23.7 Å². The van der Waals surface area contributed by atoms with Gasteiger partial charge in [-0.2, -0.15) is 0 Å². The molecule has 4 heterocycles. The number of phenolic OH excluding ortho intramolecular Hbond substituents is 2. The van der Waals surface area contributed by atoms with Gasteiger partial charge in [-0.3, -0.25) is 24.1 Å². The molecule has 1 aromatic carbocycles. The number of thiazole rings is 1. The number of halogens is 1. The Morgan fingerprint density at radius 3 is 2.49 bits per heavy atom. The van der Waals surface area contributed by atoms with Crippen LogP contribution in [-0.2, 0) is 24.0 Å². The number of fused-ring (bicyclic) bond motifs is 1. The van der Waals surface area contributed by atoms with E-state index in [0.29, 0.717) is 23.6 Å². The molecular weight excluding hydrogens is 710 g/mol. The maximum absolute atomic E-state index is 13.8. The van der Waals surface area contributed by atoms with Crippen molar-refractivity contribution in [2.75, 3.05) is 38.5 Å². The van der Waals surface area contributed by atoms with Gasteiger partial charge in [0.05, 0.1) is 26.2 Å². The minimum absolute atomic E-state index is 0.0474. The molecule has 3 aliphatic heterocycles. The summed E-state index contributed by atoms with van der Waals surface area (Å²) in [4.78, 5) is 74.6. The summed E-state index contributed by atoms with van der Waals surface area (Å²) in [6, 6.07) is 0.611. The average Bonchev–Trinajstić information content (AvgIpc) is 3.72. The van der Waals surface area contributed by atoms with Crippen LogP contribution < -0.4 is 16.4 Å². The molecule has 2 saturated heterocycles. The number of aromatic nitrogens is 1. The molecule has 3 atom stereocenters. The highest BCUT2D eigenvalue weighted by Crippen LogP contribution is 2.45. The molecule has 0 spiro atoms. The predicted octanol–water partition coefficient (Wildman–Crippen LogP) is 1.53. The number of aliphatic carboxylic acids is 1. The number of likely N-dealkylation sites (tertiary alicyclic amines) is 1. The Balaban J connectivity index is 1.25. The van der Waals surface area contributed by atoms with Crippen LogP contribution in [0.15, 0.2) is 33.9 Å². The Labute approximate surface area is 300 Å². The topological polar surface area (TPSA) is 234 Å². The number of carbonyl (C=O) groups is 5. The number of nitrogens with two attached hydrogens (primary N) is 1. The number of β-lactam (4-membered cyclic amide) rings is 1. The van der Waals surface area contributed by atoms with Crippen LogP contribution in [-0.4, -0.2) is 120 Å². The van der Waals surface area contributed by atoms with Gasteiger partial charge in [-0.05, 0) is 39.8 Å². The van der Waals surface area contributed by atoms with Gasteiger partial charge in [-0.25, -0.2) is 14.2 Å². The molecule has 3 aliphatic rings. The fraction of sp³-hybridized carbons (Fsp3) is 0.469. The lowest BCUT2D eigenvalue weighted by molar-refractivity contribution is -0.911. The standard InChI is InChI=1S/C32H38FN7O9S2/c1-15-18(13-40(8-5-6-9-40)10-7-35-27(45)24(42)17-11-19(33)25(43)21(41)12-17)16(2)51-29-23(28(46)39(15)29)37-26(44)22(20-14-50-31(34)36-20)38-49-32(3,4)30(47)48/h11-12,14,16,23,29H,5-10,13H2,1-4H3,(H6-,34,35,36,37,38,41,42,43,44,45,47,48)/p+1/t16-,23+,29+/m0/s1. The minimum Gasteiger partial charge on any atom is -0.504 e. The molecule has 0 bridgehead atoms. The van der Waals surface area contributed by atoms with Crippen molar-refractivity contribution in [2.24, 2.45) is 5.16 Å². The van der Waals surface area contributed by atoms with Crippen molar-refractivity contribution in [1.29, 1.82) is 0 Å². The Morgan fingerprint density at radius 1 is 1.20 bits per heavy atom. The number of aromatic hydroxyl groups is 2. The summed E-state index contributed by atoms with van der Waals surface area (Å²) in [5.74, 6) is -7.52. The van der Waals surface area contributed by atoms with Gasteiger partial charge < -0.3 is 41.0 Å². The monoisotopic (exact) mass is 748 g/mol. The lowest BCUT2D eigenvalue weighted by Crippen LogP contribution is -2.71. The molecule has 0 saturated carbocycles. The number of hydrogen-bond acceptors (Lipinski definition) is 13. The van der Waals surface area contributed by atoms with E-state index in [9.17, 15) is 43.7 Å². The maximum Gasteiger partial charge on any atom is 0.350 e. The molecule has 0 radical (unpaired) electrons. The second-order valence-electron chi connectivity index (χ2n) is 13.1. The van der Waals surface area contributed by atoms with Crippen molar-refractivity contribution < 1.29 is 53.0 Å². The largest absolute Gasteiger partial charge is 0.504 e. The zero-order valence-corrected chi connectivity index (χ0v) is 29.9. The van der Waals surface area contributed by atoms with E-state index in [1.165, 1.54) is 31.0 Å². The van der Waals surface area contributed by atoms with Crippen molar-refractivity contribution in [3.05, 3.63) is 45.9 Å². The third kappa shape index (κ3) is 7.64. The van der Waals surface area contributed by atoms with E-state index in [0.717, 1.165) is 54.6 Å². The molecule has 16 nitrogen and oxygen atoms in total. The van der Waals surface area contributed by atoms with E-state index < -0.39 is 63.5 Å². The van der Waals surface area contributed by atoms with Crippen LogP contribution in [0.25, 0.3) is 0 Å². The number of nitrogen functional groups attached to an aromatic ring is 1. The summed E-state index contributed by atoms with van der Waals surface area (Å²) in [6.07, 6.45) is 1.90. The Kier molecular flexibility index (Phi) is 10.6. The normalized spacial score (nSPS) is 21.5. The van der Waals surface area contributed by atoms with E-state index in [2.05, 4.69) is 20.8 Å². The first-order valence-electron chi connectivity index (χ1n) is 16.0. The number of carboxylic acids is 1. The highest BCUT2D eigenvalue weighted by Gasteiger charge is 2.54. The molecular formula is C32H39FN7O9S2+. The van der Waals surface area contributed by atoms with E-state index >= 15 is 0 Å². The number of thioether (sulfide) groups is 1. The molecule has 7 N–H and O–H groups in total. The van der Waals surface area contributed by atoms with E-state index in [1.807, 2.05) is 13.8 Å². The molecule has 2 aromatic rings. The first kappa shape index (κ1) is 37.5. The van der Waals surface area contributed by atoms with Gasteiger partial charge in [-0.15, -0.1) is 23.1 Å². The van der Waals surface area contributed by atoms with Crippen LogP contribution in [0.1, 0.15) is 56.6 Å². The highest BCUT2D eigenvalue weighted by atomic mass is 32.2. The first-order valence-corrected chi connectivity index (χ1v) is 17.9. The van der Waals surface area contributed by atoms with Gasteiger partial charge in [0.25, 0.3) is 17.7 Å². The van der Waals surface area contributed by atoms with Gasteiger partial charge in [0.2, 0.25) is 11.4 Å². The predicted molar refractivity (Wildman–Crippen MR) is 184 cm³/mol. The van der Waals surface area contributed by atoms with Crippen molar-refractivity contribution >= 4 is 63.4 Å².